The van der Waals surface area contributed by atoms with Crippen LogP contribution in [-0.2, 0) is 6.54 Å². The van der Waals surface area contributed by atoms with Crippen LogP contribution in [0.2, 0.25) is 0 Å². The maximum atomic E-state index is 13.1. The average molecular weight is 204 g/mol. The second-order valence-electron chi connectivity index (χ2n) is 4.18. The van der Waals surface area contributed by atoms with E-state index in [0.717, 1.165) is 30.8 Å². The Bertz CT molecular complexity index is 426. The number of rotatable bonds is 0. The van der Waals surface area contributed by atoms with Crippen molar-refractivity contribution in [3.63, 3.8) is 0 Å². The smallest absolute Gasteiger partial charge is 0.123 e. The highest BCUT2D eigenvalue weighted by Crippen LogP contribution is 2.29. The third-order valence-corrected chi connectivity index (χ3v) is 3.10. The van der Waals surface area contributed by atoms with E-state index in [9.17, 15) is 4.39 Å². The lowest BCUT2D eigenvalue weighted by Gasteiger charge is -2.33. The molecule has 15 heavy (non-hydrogen) atoms. The van der Waals surface area contributed by atoms with Crippen molar-refractivity contribution in [3.05, 3.63) is 29.6 Å². The molecule has 0 aromatic heterocycles. The molecule has 3 rings (SSSR count). The van der Waals surface area contributed by atoms with E-state index in [4.69, 9.17) is 0 Å². The summed E-state index contributed by atoms with van der Waals surface area (Å²) < 4.78 is 13.1. The van der Waals surface area contributed by atoms with Crippen molar-refractivity contribution in [2.75, 3.05) is 6.54 Å². The lowest BCUT2D eigenvalue weighted by atomic mass is 10.0. The fourth-order valence-corrected chi connectivity index (χ4v) is 2.30. The monoisotopic (exact) mass is 204 g/mol. The van der Waals surface area contributed by atoms with Crippen LogP contribution in [0.1, 0.15) is 24.8 Å². The van der Waals surface area contributed by atoms with Crippen molar-refractivity contribution in [3.8, 4) is 0 Å². The topological polar surface area (TPSA) is 15.6 Å². The van der Waals surface area contributed by atoms with Crippen molar-refractivity contribution in [2.45, 2.75) is 25.8 Å². The average Bonchev–Trinajstić information content (AvgIpc) is 2.26. The number of nitrogens with zero attached hydrogens (tertiary/aromatic N) is 2. The normalized spacial score (nSPS) is 19.3. The van der Waals surface area contributed by atoms with Gasteiger partial charge in [0.05, 0.1) is 5.69 Å². The molecule has 1 aromatic carbocycles. The van der Waals surface area contributed by atoms with E-state index in [1.165, 1.54) is 24.7 Å². The highest BCUT2D eigenvalue weighted by Gasteiger charge is 2.22. The molecule has 3 heteroatoms. The van der Waals surface area contributed by atoms with Crippen molar-refractivity contribution >= 4 is 11.5 Å². The minimum absolute atomic E-state index is 0.163. The van der Waals surface area contributed by atoms with Crippen LogP contribution >= 0.6 is 0 Å². The second-order valence-corrected chi connectivity index (χ2v) is 4.18. The number of piperidine rings is 1. The maximum Gasteiger partial charge on any atom is 0.123 e. The summed E-state index contributed by atoms with van der Waals surface area (Å²) in [6.45, 7) is 1.89. The minimum atomic E-state index is -0.163. The molecular weight excluding hydrogens is 191 g/mol. The van der Waals surface area contributed by atoms with Gasteiger partial charge in [-0.05, 0) is 31.0 Å². The van der Waals surface area contributed by atoms with Gasteiger partial charge in [-0.2, -0.15) is 0 Å². The molecule has 2 aliphatic heterocycles. The Balaban J connectivity index is 2.03. The summed E-state index contributed by atoms with van der Waals surface area (Å²) >= 11 is 0. The van der Waals surface area contributed by atoms with Gasteiger partial charge < -0.3 is 4.90 Å². The van der Waals surface area contributed by atoms with E-state index < -0.39 is 0 Å². The number of halogens is 1. The fourth-order valence-electron chi connectivity index (χ4n) is 2.30. The minimum Gasteiger partial charge on any atom is -0.356 e. The fraction of sp³-hybridized carbons (Fsp3) is 0.417. The molecule has 78 valence electrons. The van der Waals surface area contributed by atoms with E-state index >= 15 is 0 Å². The first-order valence-corrected chi connectivity index (χ1v) is 5.44. The standard InChI is InChI=1S/C12H13FN2/c13-10-4-5-11-9(7-10)8-15-6-2-1-3-12(15)14-11/h4-5,7H,1-3,6,8H2. The van der Waals surface area contributed by atoms with Crippen LogP contribution in [0.15, 0.2) is 23.2 Å². The zero-order valence-electron chi connectivity index (χ0n) is 8.54. The number of hydrogen-bond acceptors (Lipinski definition) is 2. The van der Waals surface area contributed by atoms with E-state index in [2.05, 4.69) is 9.89 Å². The summed E-state index contributed by atoms with van der Waals surface area (Å²) in [7, 11) is 0. The molecule has 1 fully saturated rings. The molecule has 2 aliphatic rings. The van der Waals surface area contributed by atoms with Crippen LogP contribution < -0.4 is 0 Å². The molecule has 1 aromatic rings. The highest BCUT2D eigenvalue weighted by atomic mass is 19.1. The highest BCUT2D eigenvalue weighted by molar-refractivity contribution is 5.87. The Morgan fingerprint density at radius 2 is 2.20 bits per heavy atom. The molecule has 1 saturated heterocycles. The van der Waals surface area contributed by atoms with Gasteiger partial charge in [0.2, 0.25) is 0 Å². The van der Waals surface area contributed by atoms with Crippen molar-refractivity contribution < 1.29 is 4.39 Å². The molecule has 0 N–H and O–H groups in total. The first-order valence-electron chi connectivity index (χ1n) is 5.44. The van der Waals surface area contributed by atoms with Crippen LogP contribution in [0.3, 0.4) is 0 Å². The molecule has 0 amide bonds. The largest absolute Gasteiger partial charge is 0.356 e. The van der Waals surface area contributed by atoms with Crippen molar-refractivity contribution in [2.24, 2.45) is 4.99 Å². The van der Waals surface area contributed by atoms with Crippen molar-refractivity contribution in [1.82, 2.24) is 4.90 Å². The van der Waals surface area contributed by atoms with Gasteiger partial charge in [-0.3, -0.25) is 0 Å². The first-order chi connectivity index (χ1) is 7.33. The molecule has 0 aliphatic carbocycles. The van der Waals surface area contributed by atoms with E-state index in [-0.39, 0.29) is 5.82 Å². The first kappa shape index (κ1) is 8.89. The second kappa shape index (κ2) is 3.33. The van der Waals surface area contributed by atoms with Gasteiger partial charge in [0.15, 0.2) is 0 Å². The SMILES string of the molecule is Fc1ccc2c(c1)CN1CCCCC1=N2. The summed E-state index contributed by atoms with van der Waals surface area (Å²) in [4.78, 5) is 6.85. The third-order valence-electron chi connectivity index (χ3n) is 3.10. The molecular formula is C12H13FN2. The molecule has 2 heterocycles. The summed E-state index contributed by atoms with van der Waals surface area (Å²) in [5.41, 5.74) is 1.96. The summed E-state index contributed by atoms with van der Waals surface area (Å²) in [6.07, 6.45) is 3.52. The Morgan fingerprint density at radius 3 is 3.13 bits per heavy atom. The zero-order valence-corrected chi connectivity index (χ0v) is 8.54. The Labute approximate surface area is 88.4 Å². The van der Waals surface area contributed by atoms with Gasteiger partial charge >= 0.3 is 0 Å². The number of amidine groups is 1. The summed E-state index contributed by atoms with van der Waals surface area (Å²) in [5, 5.41) is 0. The molecule has 0 bridgehead atoms. The van der Waals surface area contributed by atoms with E-state index in [1.807, 2.05) is 0 Å². The van der Waals surface area contributed by atoms with E-state index in [0.29, 0.717) is 0 Å². The van der Waals surface area contributed by atoms with Crippen LogP contribution in [0.25, 0.3) is 0 Å². The summed E-state index contributed by atoms with van der Waals surface area (Å²) in [5.74, 6) is 1.02. The van der Waals surface area contributed by atoms with Gasteiger partial charge in [-0.1, -0.05) is 0 Å². The Kier molecular flexibility index (Phi) is 1.97. The van der Waals surface area contributed by atoms with Gasteiger partial charge in [-0.25, -0.2) is 9.38 Å². The molecule has 0 radical (unpaired) electrons. The van der Waals surface area contributed by atoms with Crippen LogP contribution in [0.4, 0.5) is 10.1 Å². The lowest BCUT2D eigenvalue weighted by Crippen LogP contribution is -2.36. The van der Waals surface area contributed by atoms with Crippen LogP contribution in [0, 0.1) is 5.82 Å². The number of fused-ring (bicyclic) bond motifs is 2. The Morgan fingerprint density at radius 1 is 1.27 bits per heavy atom. The lowest BCUT2D eigenvalue weighted by molar-refractivity contribution is 0.358. The molecule has 0 spiro atoms. The van der Waals surface area contributed by atoms with Gasteiger partial charge in [0.25, 0.3) is 0 Å². The Hall–Kier alpha value is -1.38. The predicted octanol–water partition coefficient (Wildman–Crippen LogP) is 2.86. The number of hydrogen-bond donors (Lipinski definition) is 0. The molecule has 2 nitrogen and oxygen atoms in total. The number of benzene rings is 1. The van der Waals surface area contributed by atoms with Gasteiger partial charge in [0.1, 0.15) is 11.7 Å². The number of aliphatic imine (C=N–C) groups is 1. The van der Waals surface area contributed by atoms with Gasteiger partial charge in [0, 0.05) is 25.1 Å². The molecule has 0 unspecified atom stereocenters. The van der Waals surface area contributed by atoms with Gasteiger partial charge in [-0.15, -0.1) is 0 Å². The van der Waals surface area contributed by atoms with E-state index in [1.54, 1.807) is 12.1 Å². The summed E-state index contributed by atoms with van der Waals surface area (Å²) in [6, 6.07) is 4.87. The zero-order chi connectivity index (χ0) is 10.3. The molecule has 0 saturated carbocycles. The van der Waals surface area contributed by atoms with Crippen molar-refractivity contribution in [1.29, 1.82) is 0 Å². The van der Waals surface area contributed by atoms with Crippen LogP contribution in [0.5, 0.6) is 0 Å². The van der Waals surface area contributed by atoms with Crippen LogP contribution in [-0.4, -0.2) is 17.3 Å². The quantitative estimate of drug-likeness (QED) is 0.634. The molecule has 0 atom stereocenters. The maximum absolute atomic E-state index is 13.1. The third kappa shape index (κ3) is 1.52. The predicted molar refractivity (Wildman–Crippen MR) is 57.8 cm³/mol.